The molecule has 0 amide bonds. The molecule has 1 fully saturated rings. The molecule has 0 aromatic heterocycles. The van der Waals surface area contributed by atoms with E-state index in [4.69, 9.17) is 0 Å². The van der Waals surface area contributed by atoms with Gasteiger partial charge in [0, 0.05) is 0 Å². The van der Waals surface area contributed by atoms with Crippen molar-refractivity contribution in [2.24, 2.45) is 17.8 Å². The monoisotopic (exact) mass is 269 g/mol. The molecule has 0 heterocycles. The van der Waals surface area contributed by atoms with Crippen LogP contribution in [0, 0.1) is 17.8 Å². The maximum absolute atomic E-state index is 11.2. The summed E-state index contributed by atoms with van der Waals surface area (Å²) in [6, 6.07) is 0. The first kappa shape index (κ1) is 16.5. The van der Waals surface area contributed by atoms with Gasteiger partial charge in [0.05, 0.1) is 5.92 Å². The predicted octanol–water partition coefficient (Wildman–Crippen LogP) is 3.68. The second kappa shape index (κ2) is 9.35. The molecule has 0 aromatic rings. The van der Waals surface area contributed by atoms with Gasteiger partial charge in [0.2, 0.25) is 0 Å². The Balaban J connectivity index is 2.27. The SMILES string of the molecule is CCCCC(CC)CNCC1CCCCC1C(=O)O. The molecule has 1 aliphatic carbocycles. The predicted molar refractivity (Wildman–Crippen MR) is 79.3 cm³/mol. The Labute approximate surface area is 118 Å². The Kier molecular flexibility index (Phi) is 8.11. The minimum Gasteiger partial charge on any atom is -0.481 e. The number of carboxylic acids is 1. The van der Waals surface area contributed by atoms with Crippen LogP contribution in [0.5, 0.6) is 0 Å². The third kappa shape index (κ3) is 5.94. The number of aliphatic carboxylic acids is 1. The summed E-state index contributed by atoms with van der Waals surface area (Å²) in [5, 5.41) is 12.8. The van der Waals surface area contributed by atoms with Gasteiger partial charge in [-0.05, 0) is 44.2 Å². The molecule has 0 saturated heterocycles. The van der Waals surface area contributed by atoms with Gasteiger partial charge in [-0.3, -0.25) is 4.79 Å². The zero-order valence-electron chi connectivity index (χ0n) is 12.7. The van der Waals surface area contributed by atoms with E-state index in [9.17, 15) is 9.90 Å². The van der Waals surface area contributed by atoms with Crippen LogP contribution in [-0.4, -0.2) is 24.2 Å². The van der Waals surface area contributed by atoms with Crippen molar-refractivity contribution >= 4 is 5.97 Å². The van der Waals surface area contributed by atoms with E-state index in [1.54, 1.807) is 0 Å². The zero-order valence-corrected chi connectivity index (χ0v) is 12.7. The average Bonchev–Trinajstić information content (AvgIpc) is 2.43. The van der Waals surface area contributed by atoms with Crippen LogP contribution in [0.2, 0.25) is 0 Å². The van der Waals surface area contributed by atoms with Gasteiger partial charge in [-0.25, -0.2) is 0 Å². The van der Waals surface area contributed by atoms with Crippen molar-refractivity contribution in [3.8, 4) is 0 Å². The molecule has 1 saturated carbocycles. The molecule has 0 radical (unpaired) electrons. The number of nitrogens with one attached hydrogen (secondary N) is 1. The zero-order chi connectivity index (χ0) is 14.1. The molecule has 3 unspecified atom stereocenters. The average molecular weight is 269 g/mol. The summed E-state index contributed by atoms with van der Waals surface area (Å²) in [6.07, 6.45) is 9.32. The van der Waals surface area contributed by atoms with Crippen molar-refractivity contribution in [2.75, 3.05) is 13.1 Å². The normalized spacial score (nSPS) is 25.2. The van der Waals surface area contributed by atoms with Crippen molar-refractivity contribution in [1.29, 1.82) is 0 Å². The molecule has 3 nitrogen and oxygen atoms in total. The van der Waals surface area contributed by atoms with Crippen molar-refractivity contribution in [1.82, 2.24) is 5.32 Å². The van der Waals surface area contributed by atoms with Gasteiger partial charge < -0.3 is 10.4 Å². The maximum Gasteiger partial charge on any atom is 0.306 e. The maximum atomic E-state index is 11.2. The van der Waals surface area contributed by atoms with Gasteiger partial charge in [-0.15, -0.1) is 0 Å². The standard InChI is InChI=1S/C16H31NO2/c1-3-5-8-13(4-2)11-17-12-14-9-6-7-10-15(14)16(18)19/h13-15,17H,3-12H2,1-2H3,(H,18,19). The molecular weight excluding hydrogens is 238 g/mol. The van der Waals surface area contributed by atoms with Crippen molar-refractivity contribution in [2.45, 2.75) is 65.2 Å². The fourth-order valence-corrected chi connectivity index (χ4v) is 3.19. The molecule has 2 N–H and O–H groups in total. The molecule has 0 spiro atoms. The summed E-state index contributed by atoms with van der Waals surface area (Å²) in [5.74, 6) is 0.392. The first-order chi connectivity index (χ1) is 9.19. The molecule has 19 heavy (non-hydrogen) atoms. The highest BCUT2D eigenvalue weighted by atomic mass is 16.4. The Morgan fingerprint density at radius 2 is 2.05 bits per heavy atom. The second-order valence-electron chi connectivity index (χ2n) is 6.06. The van der Waals surface area contributed by atoms with Crippen molar-refractivity contribution in [3.63, 3.8) is 0 Å². The molecule has 112 valence electrons. The lowest BCUT2D eigenvalue weighted by Crippen LogP contribution is -2.36. The first-order valence-electron chi connectivity index (χ1n) is 8.12. The van der Waals surface area contributed by atoms with Crippen LogP contribution in [-0.2, 0) is 4.79 Å². The van der Waals surface area contributed by atoms with Crippen molar-refractivity contribution < 1.29 is 9.90 Å². The number of hydrogen-bond acceptors (Lipinski definition) is 2. The lowest BCUT2D eigenvalue weighted by molar-refractivity contribution is -0.144. The minimum absolute atomic E-state index is 0.114. The molecule has 1 rings (SSSR count). The smallest absolute Gasteiger partial charge is 0.306 e. The van der Waals surface area contributed by atoms with E-state index in [1.807, 2.05) is 0 Å². The van der Waals surface area contributed by atoms with Gasteiger partial charge in [-0.1, -0.05) is 46.0 Å². The van der Waals surface area contributed by atoms with Gasteiger partial charge >= 0.3 is 5.97 Å². The van der Waals surface area contributed by atoms with Gasteiger partial charge in [0.15, 0.2) is 0 Å². The van der Waals surface area contributed by atoms with Crippen LogP contribution in [0.4, 0.5) is 0 Å². The highest BCUT2D eigenvalue weighted by Gasteiger charge is 2.30. The topological polar surface area (TPSA) is 49.3 Å². The molecule has 0 aliphatic heterocycles. The van der Waals surface area contributed by atoms with Crippen LogP contribution < -0.4 is 5.32 Å². The fourth-order valence-electron chi connectivity index (χ4n) is 3.19. The van der Waals surface area contributed by atoms with E-state index < -0.39 is 5.97 Å². The number of carbonyl (C=O) groups is 1. The van der Waals surface area contributed by atoms with E-state index in [0.717, 1.165) is 38.3 Å². The van der Waals surface area contributed by atoms with E-state index in [0.29, 0.717) is 5.92 Å². The van der Waals surface area contributed by atoms with E-state index in [-0.39, 0.29) is 5.92 Å². The molecular formula is C16H31NO2. The Morgan fingerprint density at radius 3 is 2.68 bits per heavy atom. The second-order valence-corrected chi connectivity index (χ2v) is 6.06. The molecule has 1 aliphatic rings. The largest absolute Gasteiger partial charge is 0.481 e. The van der Waals surface area contributed by atoms with Crippen LogP contribution >= 0.6 is 0 Å². The van der Waals surface area contributed by atoms with E-state index >= 15 is 0 Å². The van der Waals surface area contributed by atoms with E-state index in [1.165, 1.54) is 32.1 Å². The summed E-state index contributed by atoms with van der Waals surface area (Å²) in [6.45, 7) is 6.43. The van der Waals surface area contributed by atoms with Crippen LogP contribution in [0.1, 0.15) is 65.2 Å². The highest BCUT2D eigenvalue weighted by molar-refractivity contribution is 5.70. The van der Waals surface area contributed by atoms with Gasteiger partial charge in [-0.2, -0.15) is 0 Å². The number of carboxylic acid groups (broad SMARTS) is 1. The summed E-state index contributed by atoms with van der Waals surface area (Å²) in [7, 11) is 0. The van der Waals surface area contributed by atoms with Crippen LogP contribution in [0.15, 0.2) is 0 Å². The van der Waals surface area contributed by atoms with Crippen LogP contribution in [0.3, 0.4) is 0 Å². The number of unbranched alkanes of at least 4 members (excludes halogenated alkanes) is 1. The molecule has 0 bridgehead atoms. The lowest BCUT2D eigenvalue weighted by Gasteiger charge is -2.29. The number of rotatable bonds is 9. The van der Waals surface area contributed by atoms with Gasteiger partial charge in [0.1, 0.15) is 0 Å². The summed E-state index contributed by atoms with van der Waals surface area (Å²) in [5.41, 5.74) is 0. The third-order valence-electron chi connectivity index (χ3n) is 4.61. The highest BCUT2D eigenvalue weighted by Crippen LogP contribution is 2.29. The molecule has 0 aromatic carbocycles. The van der Waals surface area contributed by atoms with E-state index in [2.05, 4.69) is 19.2 Å². The van der Waals surface area contributed by atoms with Crippen LogP contribution in [0.25, 0.3) is 0 Å². The first-order valence-corrected chi connectivity index (χ1v) is 8.12. The molecule has 3 heteroatoms. The Morgan fingerprint density at radius 1 is 1.32 bits per heavy atom. The summed E-state index contributed by atoms with van der Waals surface area (Å²) < 4.78 is 0. The lowest BCUT2D eigenvalue weighted by atomic mass is 9.79. The quantitative estimate of drug-likeness (QED) is 0.671. The number of hydrogen-bond donors (Lipinski definition) is 2. The fraction of sp³-hybridized carbons (Fsp3) is 0.938. The minimum atomic E-state index is -0.593. The molecule has 3 atom stereocenters. The van der Waals surface area contributed by atoms with Gasteiger partial charge in [0.25, 0.3) is 0 Å². The summed E-state index contributed by atoms with van der Waals surface area (Å²) in [4.78, 5) is 11.2. The third-order valence-corrected chi connectivity index (χ3v) is 4.61. The Hall–Kier alpha value is -0.570. The van der Waals surface area contributed by atoms with Crippen molar-refractivity contribution in [3.05, 3.63) is 0 Å². The Bertz CT molecular complexity index is 255. The summed E-state index contributed by atoms with van der Waals surface area (Å²) >= 11 is 0.